The van der Waals surface area contributed by atoms with Crippen molar-refractivity contribution in [3.05, 3.63) is 74.3 Å². The first-order valence-electron chi connectivity index (χ1n) is 11.3. The summed E-state index contributed by atoms with van der Waals surface area (Å²) in [5, 5.41) is 12.0. The lowest BCUT2D eigenvalue weighted by Gasteiger charge is -2.24. The zero-order valence-corrected chi connectivity index (χ0v) is 18.9. The summed E-state index contributed by atoms with van der Waals surface area (Å²) in [7, 11) is 0. The standard InChI is InChI=1S/C24H22N6O6/c31-17(25-11-18(32)27-16-7-3-6-15-19(16)22(34)29-28-21(15)33)10-26-23(35)20-13-4-1-2-5-14(13)24(36)30(20)12-8-9-12/h1-7,12,20H,8-11H2,(H,25,31)(H,26,35)(H,27,32)(H,28,33)(H,29,34). The third-order valence-corrected chi connectivity index (χ3v) is 6.16. The number of amides is 4. The molecular weight excluding hydrogens is 468 g/mol. The highest BCUT2D eigenvalue weighted by molar-refractivity contribution is 6.06. The summed E-state index contributed by atoms with van der Waals surface area (Å²) >= 11 is 0. The monoisotopic (exact) mass is 490 g/mol. The average Bonchev–Trinajstić information content (AvgIpc) is 3.67. The molecule has 1 unspecified atom stereocenters. The normalized spacial score (nSPS) is 16.5. The predicted molar refractivity (Wildman–Crippen MR) is 128 cm³/mol. The number of nitrogens with zero attached hydrogens (tertiary/aromatic N) is 1. The molecule has 2 aromatic carbocycles. The predicted octanol–water partition coefficient (Wildman–Crippen LogP) is -0.253. The third-order valence-electron chi connectivity index (χ3n) is 6.16. The van der Waals surface area contributed by atoms with Crippen molar-refractivity contribution in [1.82, 2.24) is 25.7 Å². The van der Waals surface area contributed by atoms with E-state index >= 15 is 0 Å². The van der Waals surface area contributed by atoms with Crippen LogP contribution in [-0.4, -0.2) is 57.9 Å². The van der Waals surface area contributed by atoms with Crippen LogP contribution in [0.5, 0.6) is 0 Å². The number of H-pyrrole nitrogens is 2. The van der Waals surface area contributed by atoms with Crippen molar-refractivity contribution in [2.24, 2.45) is 0 Å². The SMILES string of the molecule is O=C(CNC(=O)C1c2ccccc2C(=O)N1C1CC1)NCC(=O)Nc1cccc2c(=O)[nH][nH]c(=O)c12. The molecule has 3 aromatic rings. The second kappa shape index (κ2) is 9.13. The third kappa shape index (κ3) is 4.24. The molecule has 5 N–H and O–H groups in total. The van der Waals surface area contributed by atoms with Gasteiger partial charge in [-0.1, -0.05) is 24.3 Å². The molecule has 1 aliphatic heterocycles. The quantitative estimate of drug-likeness (QED) is 0.305. The smallest absolute Gasteiger partial charge is 0.272 e. The number of fused-ring (bicyclic) bond motifs is 2. The van der Waals surface area contributed by atoms with Gasteiger partial charge in [-0.3, -0.25) is 39.0 Å². The Balaban J connectivity index is 1.18. The number of aromatic amines is 2. The van der Waals surface area contributed by atoms with Gasteiger partial charge in [-0.05, 0) is 36.6 Å². The van der Waals surface area contributed by atoms with Crippen molar-refractivity contribution >= 4 is 40.1 Å². The van der Waals surface area contributed by atoms with Gasteiger partial charge in [0.1, 0.15) is 6.04 Å². The molecule has 1 fully saturated rings. The Labute approximate surface area is 203 Å². The summed E-state index contributed by atoms with van der Waals surface area (Å²) in [4.78, 5) is 75.9. The number of hydrogen-bond acceptors (Lipinski definition) is 6. The fourth-order valence-corrected chi connectivity index (χ4v) is 4.37. The second-order valence-electron chi connectivity index (χ2n) is 8.61. The molecule has 4 amide bonds. The number of rotatable bonds is 7. The van der Waals surface area contributed by atoms with E-state index in [2.05, 4.69) is 26.1 Å². The van der Waals surface area contributed by atoms with Gasteiger partial charge < -0.3 is 20.9 Å². The van der Waals surface area contributed by atoms with Gasteiger partial charge in [0, 0.05) is 11.6 Å². The van der Waals surface area contributed by atoms with E-state index in [9.17, 15) is 28.8 Å². The van der Waals surface area contributed by atoms with Crippen LogP contribution in [0.25, 0.3) is 10.8 Å². The van der Waals surface area contributed by atoms with Gasteiger partial charge >= 0.3 is 0 Å². The Kier molecular flexibility index (Phi) is 5.84. The lowest BCUT2D eigenvalue weighted by atomic mass is 10.0. The Hall–Kier alpha value is -4.74. The Morgan fingerprint density at radius 2 is 1.58 bits per heavy atom. The van der Waals surface area contributed by atoms with Crippen molar-refractivity contribution in [2.75, 3.05) is 18.4 Å². The molecule has 2 heterocycles. The number of aromatic nitrogens is 2. The molecule has 1 aliphatic carbocycles. The Morgan fingerprint density at radius 1 is 0.861 bits per heavy atom. The molecular formula is C24H22N6O6. The van der Waals surface area contributed by atoms with E-state index in [-0.39, 0.29) is 35.0 Å². The highest BCUT2D eigenvalue weighted by Crippen LogP contribution is 2.41. The van der Waals surface area contributed by atoms with Crippen molar-refractivity contribution in [1.29, 1.82) is 0 Å². The van der Waals surface area contributed by atoms with Crippen LogP contribution in [0.4, 0.5) is 5.69 Å². The van der Waals surface area contributed by atoms with Crippen LogP contribution >= 0.6 is 0 Å². The minimum atomic E-state index is -0.801. The van der Waals surface area contributed by atoms with Crippen LogP contribution < -0.4 is 27.1 Å². The second-order valence-corrected chi connectivity index (χ2v) is 8.61. The zero-order valence-electron chi connectivity index (χ0n) is 18.9. The average molecular weight is 490 g/mol. The summed E-state index contributed by atoms with van der Waals surface area (Å²) in [5.74, 6) is -1.90. The van der Waals surface area contributed by atoms with E-state index in [0.717, 1.165) is 12.8 Å². The molecule has 12 heteroatoms. The van der Waals surface area contributed by atoms with E-state index in [1.54, 1.807) is 29.2 Å². The summed E-state index contributed by atoms with van der Waals surface area (Å²) in [6, 6.07) is 10.5. The largest absolute Gasteiger partial charge is 0.345 e. The van der Waals surface area contributed by atoms with Crippen LogP contribution in [0.2, 0.25) is 0 Å². The molecule has 1 saturated carbocycles. The first kappa shape index (κ1) is 23.0. The number of nitrogens with one attached hydrogen (secondary N) is 5. The summed E-state index contributed by atoms with van der Waals surface area (Å²) in [5.41, 5.74) is 0.115. The molecule has 12 nitrogen and oxygen atoms in total. The lowest BCUT2D eigenvalue weighted by molar-refractivity contribution is -0.129. The van der Waals surface area contributed by atoms with E-state index < -0.39 is 41.4 Å². The van der Waals surface area contributed by atoms with E-state index in [1.807, 2.05) is 0 Å². The van der Waals surface area contributed by atoms with Gasteiger partial charge in [-0.2, -0.15) is 0 Å². The molecule has 0 radical (unpaired) electrons. The van der Waals surface area contributed by atoms with Crippen LogP contribution in [0.3, 0.4) is 0 Å². The number of hydrogen-bond donors (Lipinski definition) is 5. The first-order valence-corrected chi connectivity index (χ1v) is 11.3. The van der Waals surface area contributed by atoms with E-state index in [1.165, 1.54) is 18.2 Å². The minimum absolute atomic E-state index is 0.00932. The van der Waals surface area contributed by atoms with Gasteiger partial charge in [-0.15, -0.1) is 0 Å². The summed E-state index contributed by atoms with van der Waals surface area (Å²) < 4.78 is 0. The van der Waals surface area contributed by atoms with Gasteiger partial charge in [0.15, 0.2) is 0 Å². The fourth-order valence-electron chi connectivity index (χ4n) is 4.37. The molecule has 1 aromatic heterocycles. The van der Waals surface area contributed by atoms with Gasteiger partial charge in [0.05, 0.1) is 29.5 Å². The van der Waals surface area contributed by atoms with Crippen LogP contribution in [-0.2, 0) is 14.4 Å². The molecule has 2 aliphatic rings. The van der Waals surface area contributed by atoms with Crippen molar-refractivity contribution in [2.45, 2.75) is 24.9 Å². The van der Waals surface area contributed by atoms with Gasteiger partial charge in [0.25, 0.3) is 17.0 Å². The number of carbonyl (C=O) groups is 4. The maximum absolute atomic E-state index is 12.9. The van der Waals surface area contributed by atoms with Crippen molar-refractivity contribution in [3.63, 3.8) is 0 Å². The van der Waals surface area contributed by atoms with Crippen LogP contribution in [0.15, 0.2) is 52.1 Å². The molecule has 184 valence electrons. The first-order chi connectivity index (χ1) is 17.3. The maximum Gasteiger partial charge on any atom is 0.272 e. The maximum atomic E-state index is 12.9. The Morgan fingerprint density at radius 3 is 2.36 bits per heavy atom. The molecule has 0 saturated heterocycles. The molecule has 1 atom stereocenters. The van der Waals surface area contributed by atoms with E-state index in [0.29, 0.717) is 11.1 Å². The zero-order chi connectivity index (χ0) is 25.4. The van der Waals surface area contributed by atoms with Gasteiger partial charge in [0.2, 0.25) is 17.7 Å². The molecule has 0 bridgehead atoms. The highest BCUT2D eigenvalue weighted by Gasteiger charge is 2.47. The number of carbonyl (C=O) groups excluding carboxylic acids is 4. The molecule has 0 spiro atoms. The van der Waals surface area contributed by atoms with Crippen LogP contribution in [0, 0.1) is 0 Å². The van der Waals surface area contributed by atoms with Crippen molar-refractivity contribution < 1.29 is 19.2 Å². The molecule has 36 heavy (non-hydrogen) atoms. The van der Waals surface area contributed by atoms with Crippen LogP contribution in [0.1, 0.15) is 34.8 Å². The highest BCUT2D eigenvalue weighted by atomic mass is 16.2. The Bertz CT molecular complexity index is 1520. The fraction of sp³-hybridized carbons (Fsp3) is 0.250. The van der Waals surface area contributed by atoms with Crippen molar-refractivity contribution in [3.8, 4) is 0 Å². The lowest BCUT2D eigenvalue weighted by Crippen LogP contribution is -2.45. The summed E-state index contributed by atoms with van der Waals surface area (Å²) in [6.07, 6.45) is 1.66. The number of anilines is 1. The van der Waals surface area contributed by atoms with Gasteiger partial charge in [-0.25, -0.2) is 0 Å². The number of benzene rings is 2. The topological polar surface area (TPSA) is 173 Å². The minimum Gasteiger partial charge on any atom is -0.345 e. The molecule has 5 rings (SSSR count). The van der Waals surface area contributed by atoms with E-state index in [4.69, 9.17) is 0 Å². The summed E-state index contributed by atoms with van der Waals surface area (Å²) in [6.45, 7) is -0.814.